The summed E-state index contributed by atoms with van der Waals surface area (Å²) in [6, 6.07) is 21.8. The number of rotatable bonds is 8. The summed E-state index contributed by atoms with van der Waals surface area (Å²) in [5.41, 5.74) is 3.84. The van der Waals surface area contributed by atoms with E-state index in [1.165, 1.54) is 0 Å². The van der Waals surface area contributed by atoms with Gasteiger partial charge >= 0.3 is 0 Å². The van der Waals surface area contributed by atoms with E-state index in [9.17, 15) is 14.5 Å². The molecule has 3 N–H and O–H groups in total. The molecule has 0 bridgehead atoms. The normalized spacial score (nSPS) is 10.4. The zero-order chi connectivity index (χ0) is 23.0. The summed E-state index contributed by atoms with van der Waals surface area (Å²) in [6.07, 6.45) is 1.11. The van der Waals surface area contributed by atoms with Crippen LogP contribution in [0.3, 0.4) is 0 Å². The Labute approximate surface area is 199 Å². The van der Waals surface area contributed by atoms with Crippen LogP contribution in [0.2, 0.25) is 0 Å². The minimum absolute atomic E-state index is 0. The van der Waals surface area contributed by atoms with Gasteiger partial charge in [0.25, 0.3) is 5.69 Å². The van der Waals surface area contributed by atoms with Crippen LogP contribution < -0.4 is 16.1 Å². The summed E-state index contributed by atoms with van der Waals surface area (Å²) in [4.78, 5) is 23.2. The van der Waals surface area contributed by atoms with E-state index in [-0.39, 0.29) is 41.5 Å². The van der Waals surface area contributed by atoms with Crippen molar-refractivity contribution in [1.29, 1.82) is 0 Å². The number of para-hydroxylation sites is 2. The fourth-order valence-electron chi connectivity index (χ4n) is 2.74. The molecular weight excluding hydrogens is 463 g/mol. The van der Waals surface area contributed by atoms with Gasteiger partial charge in [0.1, 0.15) is 5.82 Å². The van der Waals surface area contributed by atoms with E-state index >= 15 is 0 Å². The largest absolute Gasteiger partial charge is 0.324 e. The predicted octanol–water partition coefficient (Wildman–Crippen LogP) is 5.27. The first kappa shape index (κ1) is 24.0. The molecule has 1 heterocycles. The molecule has 1 aromatic heterocycles. The topological polar surface area (TPSA) is 130 Å². The van der Waals surface area contributed by atoms with Crippen molar-refractivity contribution in [1.82, 2.24) is 15.0 Å². The molecule has 0 amide bonds. The first-order valence-electron chi connectivity index (χ1n) is 9.70. The summed E-state index contributed by atoms with van der Waals surface area (Å²) in [6.45, 7) is 0. The van der Waals surface area contributed by atoms with Gasteiger partial charge in [0, 0.05) is 29.1 Å². The van der Waals surface area contributed by atoms with Crippen LogP contribution in [0, 0.1) is 15.9 Å². The maximum atomic E-state index is 14.0. The first-order chi connectivity index (χ1) is 16.1. The number of hydrogen-bond donors (Lipinski definition) is 3. The van der Waals surface area contributed by atoms with Crippen molar-refractivity contribution in [3.05, 3.63) is 100 Å². The van der Waals surface area contributed by atoms with Crippen LogP contribution in [0.25, 0.3) is 0 Å². The Balaban J connectivity index is 0.00000324. The molecule has 0 aliphatic carbocycles. The van der Waals surface area contributed by atoms with Gasteiger partial charge in [-0.15, -0.1) is 12.4 Å². The lowest BCUT2D eigenvalue weighted by Gasteiger charge is -2.10. The SMILES string of the molecule is Cl.O=[N+]([O-])c1ccc(F)c(/C=N/Nc2nc(Nc3ccccc3)nc(Nc3ccccc3)n2)c1. The highest BCUT2D eigenvalue weighted by atomic mass is 35.5. The lowest BCUT2D eigenvalue weighted by molar-refractivity contribution is -0.384. The predicted molar refractivity (Wildman–Crippen MR) is 131 cm³/mol. The van der Waals surface area contributed by atoms with Gasteiger partial charge in [0.15, 0.2) is 0 Å². The molecular formula is C22H18ClFN8O2. The number of aromatic nitrogens is 3. The van der Waals surface area contributed by atoms with Crippen molar-refractivity contribution in [3.63, 3.8) is 0 Å². The van der Waals surface area contributed by atoms with Crippen LogP contribution >= 0.6 is 12.4 Å². The summed E-state index contributed by atoms with van der Waals surface area (Å²) in [5, 5.41) is 21.0. The molecule has 34 heavy (non-hydrogen) atoms. The smallest absolute Gasteiger partial charge is 0.270 e. The average Bonchev–Trinajstić information content (AvgIpc) is 2.81. The van der Waals surface area contributed by atoms with Crippen molar-refractivity contribution in [2.24, 2.45) is 5.10 Å². The first-order valence-corrected chi connectivity index (χ1v) is 9.70. The lowest BCUT2D eigenvalue weighted by atomic mass is 10.2. The van der Waals surface area contributed by atoms with E-state index in [4.69, 9.17) is 0 Å². The number of benzene rings is 3. The second-order valence-corrected chi connectivity index (χ2v) is 6.62. The Hall–Kier alpha value is -4.64. The van der Waals surface area contributed by atoms with Crippen LogP contribution in [-0.2, 0) is 0 Å². The molecule has 0 fully saturated rings. The maximum Gasteiger partial charge on any atom is 0.270 e. The molecule has 0 radical (unpaired) electrons. The quantitative estimate of drug-likeness (QED) is 0.176. The second-order valence-electron chi connectivity index (χ2n) is 6.62. The number of non-ortho nitro benzene ring substituents is 1. The van der Waals surface area contributed by atoms with Gasteiger partial charge < -0.3 is 10.6 Å². The fraction of sp³-hybridized carbons (Fsp3) is 0. The molecule has 4 rings (SSSR count). The minimum atomic E-state index is -0.653. The Bertz CT molecular complexity index is 1230. The maximum absolute atomic E-state index is 14.0. The molecule has 0 atom stereocenters. The Kier molecular flexibility index (Phi) is 7.97. The van der Waals surface area contributed by atoms with E-state index in [1.54, 1.807) is 0 Å². The van der Waals surface area contributed by atoms with Crippen molar-refractivity contribution in [3.8, 4) is 0 Å². The molecule has 3 aromatic carbocycles. The Morgan fingerprint density at radius 1 is 0.824 bits per heavy atom. The number of nitro groups is 1. The van der Waals surface area contributed by atoms with Gasteiger partial charge in [-0.1, -0.05) is 36.4 Å². The van der Waals surface area contributed by atoms with Crippen LogP contribution in [0.4, 0.5) is 39.3 Å². The molecule has 10 nitrogen and oxygen atoms in total. The number of nitro benzene ring substituents is 1. The molecule has 12 heteroatoms. The van der Waals surface area contributed by atoms with Crippen molar-refractivity contribution >= 4 is 53.5 Å². The van der Waals surface area contributed by atoms with Crippen molar-refractivity contribution in [2.75, 3.05) is 16.1 Å². The molecule has 172 valence electrons. The molecule has 0 spiro atoms. The monoisotopic (exact) mass is 480 g/mol. The summed E-state index contributed by atoms with van der Waals surface area (Å²) in [7, 11) is 0. The standard InChI is InChI=1S/C22H17FN8O2.ClH/c23-19-12-11-18(31(32)33)13-15(19)14-24-30-22-28-20(25-16-7-3-1-4-8-16)27-21(29-22)26-17-9-5-2-6-10-17;/h1-14H,(H3,25,26,27,28,29,30);1H/b24-14+;. The number of hydrazone groups is 1. The van der Waals surface area contributed by atoms with Gasteiger partial charge in [-0.2, -0.15) is 20.1 Å². The van der Waals surface area contributed by atoms with Crippen LogP contribution in [0.5, 0.6) is 0 Å². The number of halogens is 2. The Morgan fingerprint density at radius 3 is 1.88 bits per heavy atom. The van der Waals surface area contributed by atoms with Crippen LogP contribution in [0.15, 0.2) is 84.0 Å². The van der Waals surface area contributed by atoms with Gasteiger partial charge in [-0.25, -0.2) is 9.82 Å². The third-order valence-electron chi connectivity index (χ3n) is 4.25. The van der Waals surface area contributed by atoms with Gasteiger partial charge in [0.2, 0.25) is 17.8 Å². The number of nitrogens with one attached hydrogen (secondary N) is 3. The van der Waals surface area contributed by atoms with Crippen LogP contribution in [-0.4, -0.2) is 26.1 Å². The molecule has 0 aliphatic heterocycles. The summed E-state index contributed by atoms with van der Waals surface area (Å²) >= 11 is 0. The highest BCUT2D eigenvalue weighted by Gasteiger charge is 2.10. The molecule has 0 unspecified atom stereocenters. The third-order valence-corrected chi connectivity index (χ3v) is 4.25. The fourth-order valence-corrected chi connectivity index (χ4v) is 2.74. The number of nitrogens with zero attached hydrogens (tertiary/aromatic N) is 5. The van der Waals surface area contributed by atoms with E-state index < -0.39 is 10.7 Å². The summed E-state index contributed by atoms with van der Waals surface area (Å²) < 4.78 is 14.0. The van der Waals surface area contributed by atoms with Gasteiger partial charge in [-0.3, -0.25) is 10.1 Å². The zero-order valence-corrected chi connectivity index (χ0v) is 18.2. The third kappa shape index (κ3) is 6.43. The molecule has 0 saturated carbocycles. The van der Waals surface area contributed by atoms with E-state index in [1.807, 2.05) is 60.7 Å². The Morgan fingerprint density at radius 2 is 1.35 bits per heavy atom. The lowest BCUT2D eigenvalue weighted by Crippen LogP contribution is -2.07. The molecule has 0 saturated heterocycles. The minimum Gasteiger partial charge on any atom is -0.324 e. The average molecular weight is 481 g/mol. The number of anilines is 5. The molecule has 0 aliphatic rings. The van der Waals surface area contributed by atoms with Crippen LogP contribution in [0.1, 0.15) is 5.56 Å². The highest BCUT2D eigenvalue weighted by molar-refractivity contribution is 5.85. The van der Waals surface area contributed by atoms with E-state index in [0.717, 1.165) is 35.8 Å². The second kappa shape index (κ2) is 11.3. The van der Waals surface area contributed by atoms with Crippen molar-refractivity contribution in [2.45, 2.75) is 0 Å². The number of hydrogen-bond acceptors (Lipinski definition) is 9. The highest BCUT2D eigenvalue weighted by Crippen LogP contribution is 2.19. The van der Waals surface area contributed by atoms with Crippen molar-refractivity contribution < 1.29 is 9.31 Å². The van der Waals surface area contributed by atoms with E-state index in [2.05, 4.69) is 36.1 Å². The summed E-state index contributed by atoms with van der Waals surface area (Å²) in [5.74, 6) is -0.0914. The van der Waals surface area contributed by atoms with E-state index in [0.29, 0.717) is 0 Å². The molecule has 4 aromatic rings. The van der Waals surface area contributed by atoms with Gasteiger partial charge in [0.05, 0.1) is 11.1 Å². The zero-order valence-electron chi connectivity index (χ0n) is 17.4. The van der Waals surface area contributed by atoms with Gasteiger partial charge in [-0.05, 0) is 30.3 Å².